The maximum Gasteiger partial charge on any atom is 0.264 e. The zero-order valence-electron chi connectivity index (χ0n) is 19.9. The Morgan fingerprint density at radius 2 is 1.56 bits per heavy atom. The number of benzene rings is 3. The Morgan fingerprint density at radius 3 is 2.12 bits per heavy atom. The van der Waals surface area contributed by atoms with Crippen molar-refractivity contribution in [3.05, 3.63) is 83.9 Å². The van der Waals surface area contributed by atoms with Gasteiger partial charge in [-0.05, 0) is 74.2 Å². The summed E-state index contributed by atoms with van der Waals surface area (Å²) in [6, 6.07) is 21.3. The number of carbonyl (C=O) groups excluding carboxylic acids is 1. The summed E-state index contributed by atoms with van der Waals surface area (Å²) in [5, 5.41) is 0. The van der Waals surface area contributed by atoms with E-state index < -0.39 is 10.0 Å². The topological polar surface area (TPSA) is 66.9 Å². The molecule has 1 amide bonds. The van der Waals surface area contributed by atoms with Crippen LogP contribution in [-0.4, -0.2) is 45.7 Å². The number of thioether (sulfide) groups is 1. The standard InChI is InChI=1S/C26H30N2O4S2/c1-5-32-23-12-10-22(11-13-23)28(34(30,31)25-16-14-24(33-4)15-17-25)19-26(29)27(3)18-21-8-6-20(2)7-9-21/h6-17H,5,18-19H2,1-4H3. The maximum atomic E-state index is 13.6. The minimum atomic E-state index is -3.98. The molecule has 0 aromatic heterocycles. The fourth-order valence-corrected chi connectivity index (χ4v) is 5.19. The van der Waals surface area contributed by atoms with Crippen LogP contribution < -0.4 is 9.04 Å². The molecular weight excluding hydrogens is 468 g/mol. The van der Waals surface area contributed by atoms with Gasteiger partial charge in [0, 0.05) is 18.5 Å². The first-order valence-corrected chi connectivity index (χ1v) is 13.6. The van der Waals surface area contributed by atoms with E-state index in [9.17, 15) is 13.2 Å². The van der Waals surface area contributed by atoms with Crippen molar-refractivity contribution in [3.8, 4) is 5.75 Å². The molecule has 0 aliphatic carbocycles. The average molecular weight is 499 g/mol. The van der Waals surface area contributed by atoms with Crippen LogP contribution in [-0.2, 0) is 21.4 Å². The van der Waals surface area contributed by atoms with Crippen molar-refractivity contribution in [2.45, 2.75) is 30.2 Å². The molecule has 0 bridgehead atoms. The van der Waals surface area contributed by atoms with E-state index in [2.05, 4.69) is 0 Å². The zero-order chi connectivity index (χ0) is 24.7. The minimum Gasteiger partial charge on any atom is -0.494 e. The van der Waals surface area contributed by atoms with E-state index in [0.717, 1.165) is 20.3 Å². The van der Waals surface area contributed by atoms with Crippen molar-refractivity contribution in [1.82, 2.24) is 4.90 Å². The third-order valence-electron chi connectivity index (χ3n) is 5.33. The van der Waals surface area contributed by atoms with Gasteiger partial charge < -0.3 is 9.64 Å². The molecule has 0 unspecified atom stereocenters. The molecule has 0 heterocycles. The Morgan fingerprint density at radius 1 is 0.941 bits per heavy atom. The van der Waals surface area contributed by atoms with Crippen molar-refractivity contribution in [2.24, 2.45) is 0 Å². The molecule has 0 N–H and O–H groups in total. The number of hydrogen-bond donors (Lipinski definition) is 0. The summed E-state index contributed by atoms with van der Waals surface area (Å²) in [5.74, 6) is 0.328. The number of carbonyl (C=O) groups is 1. The van der Waals surface area contributed by atoms with Crippen molar-refractivity contribution in [1.29, 1.82) is 0 Å². The zero-order valence-corrected chi connectivity index (χ0v) is 21.5. The van der Waals surface area contributed by atoms with E-state index in [1.54, 1.807) is 60.5 Å². The highest BCUT2D eigenvalue weighted by Crippen LogP contribution is 2.27. The highest BCUT2D eigenvalue weighted by atomic mass is 32.2. The van der Waals surface area contributed by atoms with Gasteiger partial charge in [0.25, 0.3) is 10.0 Å². The second kappa shape index (κ2) is 11.4. The van der Waals surface area contributed by atoms with Gasteiger partial charge >= 0.3 is 0 Å². The number of hydrogen-bond acceptors (Lipinski definition) is 5. The molecule has 0 aliphatic heterocycles. The number of likely N-dealkylation sites (N-methyl/N-ethyl adjacent to an activating group) is 1. The summed E-state index contributed by atoms with van der Waals surface area (Å²) in [5.41, 5.74) is 2.51. The van der Waals surface area contributed by atoms with E-state index in [1.165, 1.54) is 11.8 Å². The van der Waals surface area contributed by atoms with Crippen LogP contribution in [0, 0.1) is 6.92 Å². The Kier molecular flexibility index (Phi) is 8.63. The molecule has 0 saturated heterocycles. The fraction of sp³-hybridized carbons (Fsp3) is 0.269. The van der Waals surface area contributed by atoms with Crippen LogP contribution in [0.3, 0.4) is 0 Å². The van der Waals surface area contributed by atoms with Gasteiger partial charge in [-0.25, -0.2) is 8.42 Å². The van der Waals surface area contributed by atoms with Crippen molar-refractivity contribution in [3.63, 3.8) is 0 Å². The molecule has 0 atom stereocenters. The molecule has 3 aromatic carbocycles. The van der Waals surface area contributed by atoms with Gasteiger partial charge in [0.15, 0.2) is 0 Å². The first-order valence-electron chi connectivity index (χ1n) is 10.9. The first-order chi connectivity index (χ1) is 16.2. The Hall–Kier alpha value is -2.97. The summed E-state index contributed by atoms with van der Waals surface area (Å²) in [6.07, 6.45) is 1.93. The van der Waals surface area contributed by atoms with Gasteiger partial charge in [0.05, 0.1) is 17.2 Å². The van der Waals surface area contributed by atoms with Crippen molar-refractivity contribution < 1.29 is 17.9 Å². The number of anilines is 1. The van der Waals surface area contributed by atoms with E-state index >= 15 is 0 Å². The largest absolute Gasteiger partial charge is 0.494 e. The summed E-state index contributed by atoms with van der Waals surface area (Å²) in [6.45, 7) is 4.46. The Bertz CT molecular complexity index is 1190. The minimum absolute atomic E-state index is 0.133. The molecule has 3 aromatic rings. The average Bonchev–Trinajstić information content (AvgIpc) is 2.84. The summed E-state index contributed by atoms with van der Waals surface area (Å²) >= 11 is 1.53. The molecule has 0 aliphatic rings. The summed E-state index contributed by atoms with van der Waals surface area (Å²) in [7, 11) is -2.30. The van der Waals surface area contributed by atoms with Crippen LogP contribution >= 0.6 is 11.8 Å². The SMILES string of the molecule is CCOc1ccc(N(CC(=O)N(C)Cc2ccc(C)cc2)S(=O)(=O)c2ccc(SC)cc2)cc1. The number of amides is 1. The van der Waals surface area contributed by atoms with E-state index in [0.29, 0.717) is 24.6 Å². The van der Waals surface area contributed by atoms with Crippen molar-refractivity contribution in [2.75, 3.05) is 30.8 Å². The molecule has 8 heteroatoms. The number of sulfonamides is 1. The number of rotatable bonds is 10. The second-order valence-corrected chi connectivity index (χ2v) is 10.6. The van der Waals surface area contributed by atoms with Gasteiger partial charge in [0.2, 0.25) is 5.91 Å². The quantitative estimate of drug-likeness (QED) is 0.369. The number of ether oxygens (including phenoxy) is 1. The lowest BCUT2D eigenvalue weighted by molar-refractivity contribution is -0.128. The lowest BCUT2D eigenvalue weighted by atomic mass is 10.1. The molecule has 3 rings (SSSR count). The summed E-state index contributed by atoms with van der Waals surface area (Å²) < 4.78 is 33.9. The molecule has 0 fully saturated rings. The number of aryl methyl sites for hydroxylation is 1. The van der Waals surface area contributed by atoms with E-state index in [1.807, 2.05) is 44.4 Å². The van der Waals surface area contributed by atoms with Crippen LogP contribution in [0.15, 0.2) is 82.6 Å². The highest BCUT2D eigenvalue weighted by Gasteiger charge is 2.28. The Balaban J connectivity index is 1.90. The fourth-order valence-electron chi connectivity index (χ4n) is 3.36. The molecule has 0 radical (unpaired) electrons. The summed E-state index contributed by atoms with van der Waals surface area (Å²) in [4.78, 5) is 15.8. The normalized spacial score (nSPS) is 11.2. The predicted octanol–water partition coefficient (Wildman–Crippen LogP) is 4.97. The van der Waals surface area contributed by atoms with Crippen molar-refractivity contribution >= 4 is 33.4 Å². The molecule has 180 valence electrons. The highest BCUT2D eigenvalue weighted by molar-refractivity contribution is 7.98. The molecule has 6 nitrogen and oxygen atoms in total. The molecule has 34 heavy (non-hydrogen) atoms. The van der Waals surface area contributed by atoms with Crippen LogP contribution in [0.5, 0.6) is 5.75 Å². The predicted molar refractivity (Wildman–Crippen MR) is 138 cm³/mol. The van der Waals surface area contributed by atoms with E-state index in [4.69, 9.17) is 4.74 Å². The van der Waals surface area contributed by atoms with Gasteiger partial charge in [-0.15, -0.1) is 11.8 Å². The van der Waals surface area contributed by atoms with Crippen LogP contribution in [0.25, 0.3) is 0 Å². The lowest BCUT2D eigenvalue weighted by Gasteiger charge is -2.27. The monoisotopic (exact) mass is 498 g/mol. The number of nitrogens with zero attached hydrogens (tertiary/aromatic N) is 2. The van der Waals surface area contributed by atoms with Gasteiger partial charge in [-0.3, -0.25) is 9.10 Å². The van der Waals surface area contributed by atoms with E-state index in [-0.39, 0.29) is 17.3 Å². The maximum absolute atomic E-state index is 13.6. The first kappa shape index (κ1) is 25.6. The second-order valence-electron chi connectivity index (χ2n) is 7.85. The lowest BCUT2D eigenvalue weighted by Crippen LogP contribution is -2.41. The van der Waals surface area contributed by atoms with Gasteiger partial charge in [-0.2, -0.15) is 0 Å². The van der Waals surface area contributed by atoms with Crippen LogP contribution in [0.4, 0.5) is 5.69 Å². The molecular formula is C26H30N2O4S2. The molecule has 0 saturated carbocycles. The van der Waals surface area contributed by atoms with Gasteiger partial charge in [0.1, 0.15) is 12.3 Å². The Labute approximate surface area is 206 Å². The van der Waals surface area contributed by atoms with Gasteiger partial charge in [-0.1, -0.05) is 29.8 Å². The smallest absolute Gasteiger partial charge is 0.264 e. The third kappa shape index (κ3) is 6.33. The molecule has 0 spiro atoms. The third-order valence-corrected chi connectivity index (χ3v) is 7.86. The van der Waals surface area contributed by atoms with Crippen LogP contribution in [0.2, 0.25) is 0 Å². The van der Waals surface area contributed by atoms with Crippen LogP contribution in [0.1, 0.15) is 18.1 Å².